The van der Waals surface area contributed by atoms with Gasteiger partial charge in [0.2, 0.25) is 5.91 Å². The summed E-state index contributed by atoms with van der Waals surface area (Å²) in [5.74, 6) is -3.32. The van der Waals surface area contributed by atoms with Gasteiger partial charge >= 0.3 is 5.97 Å². The van der Waals surface area contributed by atoms with Crippen LogP contribution in [0.2, 0.25) is 0 Å². The highest BCUT2D eigenvalue weighted by molar-refractivity contribution is 6.01. The second-order valence-electron chi connectivity index (χ2n) is 3.08. The molecule has 1 amide bonds. The van der Waals surface area contributed by atoms with E-state index in [2.05, 4.69) is 0 Å². The van der Waals surface area contributed by atoms with Gasteiger partial charge in [0.1, 0.15) is 0 Å². The summed E-state index contributed by atoms with van der Waals surface area (Å²) in [5, 5.41) is 8.77. The molecule has 3 N–H and O–H groups in total. The van der Waals surface area contributed by atoms with E-state index >= 15 is 0 Å². The van der Waals surface area contributed by atoms with E-state index in [0.29, 0.717) is 5.56 Å². The van der Waals surface area contributed by atoms with Crippen LogP contribution in [0.1, 0.15) is 17.0 Å². The number of hydrogen-bond donors (Lipinski definition) is 2. The molecule has 1 atom stereocenters. The average molecular weight is 193 g/mol. The Hall–Kier alpha value is -1.84. The van der Waals surface area contributed by atoms with Gasteiger partial charge in [0.05, 0.1) is 0 Å². The monoisotopic (exact) mass is 193 g/mol. The standard InChI is InChI=1S/C10H11NO3/c1-6-2-4-7(5-3-6)8(9(11)12)10(13)14/h2-5,8H,1H3,(H2,11,12)(H,13,14). The summed E-state index contributed by atoms with van der Waals surface area (Å²) in [7, 11) is 0. The van der Waals surface area contributed by atoms with Crippen LogP contribution in [0, 0.1) is 6.92 Å². The summed E-state index contributed by atoms with van der Waals surface area (Å²) in [5.41, 5.74) is 6.40. The van der Waals surface area contributed by atoms with E-state index < -0.39 is 17.8 Å². The van der Waals surface area contributed by atoms with E-state index in [1.54, 1.807) is 24.3 Å². The Morgan fingerprint density at radius 3 is 2.14 bits per heavy atom. The molecule has 1 rings (SSSR count). The topological polar surface area (TPSA) is 80.4 Å². The highest BCUT2D eigenvalue weighted by Crippen LogP contribution is 2.16. The Morgan fingerprint density at radius 1 is 1.29 bits per heavy atom. The van der Waals surface area contributed by atoms with Gasteiger partial charge in [-0.1, -0.05) is 29.8 Å². The van der Waals surface area contributed by atoms with Crippen molar-refractivity contribution in [2.45, 2.75) is 12.8 Å². The Kier molecular flexibility index (Phi) is 2.86. The molecule has 1 unspecified atom stereocenters. The van der Waals surface area contributed by atoms with E-state index in [-0.39, 0.29) is 0 Å². The first-order valence-electron chi connectivity index (χ1n) is 4.11. The molecule has 1 aromatic rings. The molecule has 0 aliphatic rings. The maximum absolute atomic E-state index is 10.9. The molecule has 0 radical (unpaired) electrons. The van der Waals surface area contributed by atoms with Crippen molar-refractivity contribution in [3.05, 3.63) is 35.4 Å². The average Bonchev–Trinajstić information content (AvgIpc) is 2.07. The van der Waals surface area contributed by atoms with Gasteiger partial charge in [-0.2, -0.15) is 0 Å². The Bertz CT molecular complexity index is 342. The van der Waals surface area contributed by atoms with Gasteiger partial charge in [-0.25, -0.2) is 0 Å². The van der Waals surface area contributed by atoms with Gasteiger partial charge < -0.3 is 10.8 Å². The number of carbonyl (C=O) groups is 2. The minimum atomic E-state index is -1.25. The number of hydrogen-bond acceptors (Lipinski definition) is 2. The van der Waals surface area contributed by atoms with Crippen molar-refractivity contribution < 1.29 is 14.7 Å². The molecular formula is C10H11NO3. The third kappa shape index (κ3) is 2.10. The molecule has 0 aliphatic heterocycles. The van der Waals surface area contributed by atoms with Gasteiger partial charge in [0.25, 0.3) is 0 Å². The molecule has 0 fully saturated rings. The number of rotatable bonds is 3. The normalized spacial score (nSPS) is 12.1. The first-order chi connectivity index (χ1) is 6.52. The SMILES string of the molecule is Cc1ccc(C(C(N)=O)C(=O)O)cc1. The van der Waals surface area contributed by atoms with E-state index in [4.69, 9.17) is 10.8 Å². The lowest BCUT2D eigenvalue weighted by atomic mass is 9.98. The summed E-state index contributed by atoms with van der Waals surface area (Å²) in [6.07, 6.45) is 0. The van der Waals surface area contributed by atoms with Crippen molar-refractivity contribution in [2.24, 2.45) is 5.73 Å². The Morgan fingerprint density at radius 2 is 1.79 bits per heavy atom. The number of carboxylic acid groups (broad SMARTS) is 1. The molecule has 0 saturated heterocycles. The zero-order valence-corrected chi connectivity index (χ0v) is 7.73. The summed E-state index contributed by atoms with van der Waals surface area (Å²) in [6.45, 7) is 1.88. The Labute approximate surface area is 81.3 Å². The second-order valence-corrected chi connectivity index (χ2v) is 3.08. The van der Waals surface area contributed by atoms with Gasteiger partial charge in [-0.05, 0) is 12.5 Å². The third-order valence-electron chi connectivity index (χ3n) is 1.94. The van der Waals surface area contributed by atoms with Crippen molar-refractivity contribution in [2.75, 3.05) is 0 Å². The van der Waals surface area contributed by atoms with Crippen LogP contribution in [0.5, 0.6) is 0 Å². The number of benzene rings is 1. The smallest absolute Gasteiger partial charge is 0.320 e. The molecule has 74 valence electrons. The summed E-state index contributed by atoms with van der Waals surface area (Å²) < 4.78 is 0. The van der Waals surface area contributed by atoms with Crippen molar-refractivity contribution >= 4 is 11.9 Å². The van der Waals surface area contributed by atoms with Crippen molar-refractivity contribution in [3.63, 3.8) is 0 Å². The lowest BCUT2D eigenvalue weighted by Crippen LogP contribution is -2.27. The van der Waals surface area contributed by atoms with Crippen LogP contribution in [0.25, 0.3) is 0 Å². The maximum atomic E-state index is 10.9. The number of amides is 1. The van der Waals surface area contributed by atoms with E-state index in [0.717, 1.165) is 5.56 Å². The molecule has 4 heteroatoms. The number of carbonyl (C=O) groups excluding carboxylic acids is 1. The number of aliphatic carboxylic acids is 1. The van der Waals surface area contributed by atoms with Crippen LogP contribution in [0.15, 0.2) is 24.3 Å². The molecular weight excluding hydrogens is 182 g/mol. The van der Waals surface area contributed by atoms with Crippen molar-refractivity contribution in [1.82, 2.24) is 0 Å². The molecule has 0 saturated carbocycles. The quantitative estimate of drug-likeness (QED) is 0.691. The molecule has 0 aliphatic carbocycles. The van der Waals surface area contributed by atoms with E-state index in [1.807, 2.05) is 6.92 Å². The second kappa shape index (κ2) is 3.91. The molecule has 0 heterocycles. The van der Waals surface area contributed by atoms with Crippen LogP contribution >= 0.6 is 0 Å². The highest BCUT2D eigenvalue weighted by atomic mass is 16.4. The van der Waals surface area contributed by atoms with Crippen LogP contribution < -0.4 is 5.73 Å². The number of carboxylic acids is 1. The molecule has 0 bridgehead atoms. The van der Waals surface area contributed by atoms with Crippen molar-refractivity contribution in [1.29, 1.82) is 0 Å². The fourth-order valence-corrected chi connectivity index (χ4v) is 1.19. The zero-order valence-electron chi connectivity index (χ0n) is 7.73. The van der Waals surface area contributed by atoms with Gasteiger partial charge in [-0.15, -0.1) is 0 Å². The summed E-state index contributed by atoms with van der Waals surface area (Å²) >= 11 is 0. The maximum Gasteiger partial charge on any atom is 0.320 e. The van der Waals surface area contributed by atoms with Crippen molar-refractivity contribution in [3.8, 4) is 0 Å². The van der Waals surface area contributed by atoms with Gasteiger partial charge in [0.15, 0.2) is 5.92 Å². The molecule has 1 aromatic carbocycles. The van der Waals surface area contributed by atoms with Crippen LogP contribution in [-0.2, 0) is 9.59 Å². The zero-order chi connectivity index (χ0) is 10.7. The summed E-state index contributed by atoms with van der Waals surface area (Å²) in [6, 6.07) is 6.68. The largest absolute Gasteiger partial charge is 0.480 e. The minimum Gasteiger partial charge on any atom is -0.480 e. The first kappa shape index (κ1) is 10.2. The molecule has 0 aromatic heterocycles. The molecule has 14 heavy (non-hydrogen) atoms. The highest BCUT2D eigenvalue weighted by Gasteiger charge is 2.25. The minimum absolute atomic E-state index is 0.413. The predicted octanol–water partition coefficient (Wildman–Crippen LogP) is 0.649. The number of primary amides is 1. The van der Waals surface area contributed by atoms with Crippen LogP contribution in [0.4, 0.5) is 0 Å². The van der Waals surface area contributed by atoms with Gasteiger partial charge in [0, 0.05) is 0 Å². The number of nitrogens with two attached hydrogens (primary N) is 1. The third-order valence-corrected chi connectivity index (χ3v) is 1.94. The fraction of sp³-hybridized carbons (Fsp3) is 0.200. The Balaban J connectivity index is 3.06. The van der Waals surface area contributed by atoms with Crippen LogP contribution in [-0.4, -0.2) is 17.0 Å². The van der Waals surface area contributed by atoms with E-state index in [1.165, 1.54) is 0 Å². The van der Waals surface area contributed by atoms with E-state index in [9.17, 15) is 9.59 Å². The van der Waals surface area contributed by atoms with Gasteiger partial charge in [-0.3, -0.25) is 9.59 Å². The number of aryl methyl sites for hydroxylation is 1. The summed E-state index contributed by atoms with van der Waals surface area (Å²) in [4.78, 5) is 21.6. The molecule has 0 spiro atoms. The predicted molar refractivity (Wildman–Crippen MR) is 50.8 cm³/mol. The fourth-order valence-electron chi connectivity index (χ4n) is 1.19. The molecule has 4 nitrogen and oxygen atoms in total. The first-order valence-corrected chi connectivity index (χ1v) is 4.11. The lowest BCUT2D eigenvalue weighted by molar-refractivity contribution is -0.142. The lowest BCUT2D eigenvalue weighted by Gasteiger charge is -2.08. The van der Waals surface area contributed by atoms with Crippen LogP contribution in [0.3, 0.4) is 0 Å².